The molecule has 10 nitrogen and oxygen atoms in total. The van der Waals surface area contributed by atoms with E-state index < -0.39 is 11.0 Å². The smallest absolute Gasteiger partial charge is 0.309 e. The molecule has 1 atom stereocenters. The summed E-state index contributed by atoms with van der Waals surface area (Å²) >= 11 is 0. The number of nitrogens with one attached hydrogen (secondary N) is 1. The van der Waals surface area contributed by atoms with Crippen molar-refractivity contribution in [1.82, 2.24) is 19.6 Å². The van der Waals surface area contributed by atoms with Crippen LogP contribution in [0.5, 0.6) is 0 Å². The summed E-state index contributed by atoms with van der Waals surface area (Å²) in [5.74, 6) is -0.349. The van der Waals surface area contributed by atoms with Crippen molar-refractivity contribution in [3.8, 4) is 0 Å². The number of hydrogen-bond acceptors (Lipinski definition) is 6. The van der Waals surface area contributed by atoms with Crippen molar-refractivity contribution in [3.05, 3.63) is 34.4 Å². The molecule has 2 aromatic rings. The van der Waals surface area contributed by atoms with Gasteiger partial charge in [0.05, 0.1) is 23.0 Å². The van der Waals surface area contributed by atoms with Crippen LogP contribution in [-0.4, -0.2) is 37.5 Å². The minimum atomic E-state index is -0.695. The quantitative estimate of drug-likeness (QED) is 0.630. The first kappa shape index (κ1) is 15.6. The van der Waals surface area contributed by atoms with Gasteiger partial charge < -0.3 is 10.1 Å². The third kappa shape index (κ3) is 3.11. The number of rotatable bonds is 6. The number of nitrogens with zero attached hydrogens (tertiary/aromatic N) is 5. The number of methoxy groups -OCH3 is 1. The van der Waals surface area contributed by atoms with E-state index >= 15 is 0 Å². The Kier molecular flexibility index (Phi) is 4.51. The summed E-state index contributed by atoms with van der Waals surface area (Å²) in [6, 6.07) is -0.695. The van der Waals surface area contributed by atoms with Gasteiger partial charge in [0.2, 0.25) is 5.91 Å². The Labute approximate surface area is 125 Å². The van der Waals surface area contributed by atoms with Crippen LogP contribution in [0.3, 0.4) is 0 Å². The van der Waals surface area contributed by atoms with Crippen molar-refractivity contribution in [2.24, 2.45) is 0 Å². The van der Waals surface area contributed by atoms with E-state index in [0.717, 1.165) is 6.20 Å². The van der Waals surface area contributed by atoms with E-state index in [1.807, 2.05) is 0 Å². The summed E-state index contributed by atoms with van der Waals surface area (Å²) in [6.07, 6.45) is 4.24. The highest BCUT2D eigenvalue weighted by molar-refractivity contribution is 5.93. The van der Waals surface area contributed by atoms with Crippen molar-refractivity contribution in [1.29, 1.82) is 0 Å². The van der Waals surface area contributed by atoms with Crippen molar-refractivity contribution in [2.45, 2.75) is 26.6 Å². The first-order valence-electron chi connectivity index (χ1n) is 6.44. The van der Waals surface area contributed by atoms with E-state index in [4.69, 9.17) is 4.74 Å². The molecule has 0 bridgehead atoms. The number of hydrogen-bond donors (Lipinski definition) is 1. The molecule has 0 saturated carbocycles. The minimum Gasteiger partial charge on any atom is -0.362 e. The molecule has 0 radical (unpaired) electrons. The fourth-order valence-corrected chi connectivity index (χ4v) is 1.97. The highest BCUT2D eigenvalue weighted by atomic mass is 16.6. The Morgan fingerprint density at radius 2 is 2.23 bits per heavy atom. The van der Waals surface area contributed by atoms with Gasteiger partial charge in [-0.2, -0.15) is 10.2 Å². The van der Waals surface area contributed by atoms with Gasteiger partial charge in [0.25, 0.3) is 0 Å². The van der Waals surface area contributed by atoms with E-state index in [1.54, 1.807) is 20.0 Å². The Morgan fingerprint density at radius 1 is 1.50 bits per heavy atom. The van der Waals surface area contributed by atoms with Crippen LogP contribution < -0.4 is 5.32 Å². The first-order valence-corrected chi connectivity index (χ1v) is 6.44. The zero-order valence-electron chi connectivity index (χ0n) is 12.4. The van der Waals surface area contributed by atoms with Crippen LogP contribution in [0.1, 0.15) is 18.7 Å². The number of aromatic nitrogens is 4. The molecule has 2 rings (SSSR count). The lowest BCUT2D eigenvalue weighted by atomic mass is 10.3. The molecule has 0 aromatic carbocycles. The fraction of sp³-hybridized carbons (Fsp3) is 0.417. The second-order valence-corrected chi connectivity index (χ2v) is 4.67. The predicted octanol–water partition coefficient (Wildman–Crippen LogP) is 1.10. The summed E-state index contributed by atoms with van der Waals surface area (Å²) < 4.78 is 7.74. The summed E-state index contributed by atoms with van der Waals surface area (Å²) in [7, 11) is 1.54. The minimum absolute atomic E-state index is 0.118. The Balaban J connectivity index is 2.10. The van der Waals surface area contributed by atoms with Crippen molar-refractivity contribution in [3.63, 3.8) is 0 Å². The van der Waals surface area contributed by atoms with Gasteiger partial charge in [0, 0.05) is 7.11 Å². The molecule has 0 aliphatic rings. The fourth-order valence-electron chi connectivity index (χ4n) is 1.97. The molecular formula is C12H16N6O4. The largest absolute Gasteiger partial charge is 0.362 e. The van der Waals surface area contributed by atoms with Gasteiger partial charge >= 0.3 is 5.69 Å². The molecule has 0 aliphatic carbocycles. The zero-order chi connectivity index (χ0) is 16.3. The molecule has 0 saturated heterocycles. The number of nitro groups is 1. The summed E-state index contributed by atoms with van der Waals surface area (Å²) in [5, 5.41) is 21.4. The van der Waals surface area contributed by atoms with Crippen molar-refractivity contribution >= 4 is 17.3 Å². The Morgan fingerprint density at radius 3 is 2.82 bits per heavy atom. The molecule has 22 heavy (non-hydrogen) atoms. The monoisotopic (exact) mass is 308 g/mol. The maximum absolute atomic E-state index is 12.2. The van der Waals surface area contributed by atoms with Gasteiger partial charge in [-0.3, -0.25) is 19.6 Å². The van der Waals surface area contributed by atoms with E-state index in [0.29, 0.717) is 11.4 Å². The van der Waals surface area contributed by atoms with Gasteiger partial charge in [-0.25, -0.2) is 4.68 Å². The molecule has 118 valence electrons. The number of amides is 1. The van der Waals surface area contributed by atoms with Crippen LogP contribution in [0, 0.1) is 17.0 Å². The molecule has 10 heteroatoms. The molecule has 0 fully saturated rings. The van der Waals surface area contributed by atoms with Gasteiger partial charge in [-0.15, -0.1) is 0 Å². The number of anilines is 1. The Hall–Kier alpha value is -2.75. The molecule has 1 amide bonds. The van der Waals surface area contributed by atoms with Crippen LogP contribution in [-0.2, 0) is 16.3 Å². The highest BCUT2D eigenvalue weighted by Gasteiger charge is 2.23. The van der Waals surface area contributed by atoms with E-state index in [2.05, 4.69) is 15.5 Å². The topological polar surface area (TPSA) is 117 Å². The maximum atomic E-state index is 12.2. The zero-order valence-corrected chi connectivity index (χ0v) is 12.4. The average molecular weight is 308 g/mol. The third-order valence-electron chi connectivity index (χ3n) is 3.12. The second-order valence-electron chi connectivity index (χ2n) is 4.67. The lowest BCUT2D eigenvalue weighted by molar-refractivity contribution is -0.385. The number of carbonyl (C=O) groups is 1. The highest BCUT2D eigenvalue weighted by Crippen LogP contribution is 2.20. The van der Waals surface area contributed by atoms with Gasteiger partial charge in [0.1, 0.15) is 24.7 Å². The molecule has 1 N–H and O–H groups in total. The second kappa shape index (κ2) is 6.35. The third-order valence-corrected chi connectivity index (χ3v) is 3.12. The molecule has 1 unspecified atom stereocenters. The van der Waals surface area contributed by atoms with E-state index in [1.165, 1.54) is 22.7 Å². The van der Waals surface area contributed by atoms with Gasteiger partial charge in [-0.05, 0) is 13.8 Å². The molecule has 0 spiro atoms. The lowest BCUT2D eigenvalue weighted by Gasteiger charge is -2.13. The molecular weight excluding hydrogens is 292 g/mol. The average Bonchev–Trinajstić information content (AvgIpc) is 3.05. The standard InChI is InChI=1S/C12H16N6O4/c1-8-11(18(20)21)5-14-17(8)9(2)12(19)15-10-4-13-16(6-10)7-22-3/h4-6,9H,7H2,1-3H3,(H,15,19). The Bertz CT molecular complexity index is 692. The van der Waals surface area contributed by atoms with Gasteiger partial charge in [-0.1, -0.05) is 0 Å². The maximum Gasteiger partial charge on any atom is 0.309 e. The van der Waals surface area contributed by atoms with Crippen molar-refractivity contribution in [2.75, 3.05) is 12.4 Å². The molecule has 2 heterocycles. The predicted molar refractivity (Wildman–Crippen MR) is 76.2 cm³/mol. The summed E-state index contributed by atoms with van der Waals surface area (Å²) in [5.41, 5.74) is 0.712. The first-order chi connectivity index (χ1) is 10.4. The molecule has 2 aromatic heterocycles. The SMILES string of the molecule is COCn1cc(NC(=O)C(C)n2ncc([N+](=O)[O-])c2C)cn1. The summed E-state index contributed by atoms with van der Waals surface area (Å²) in [6.45, 7) is 3.43. The van der Waals surface area contributed by atoms with Gasteiger partial charge in [0.15, 0.2) is 0 Å². The van der Waals surface area contributed by atoms with Crippen LogP contribution >= 0.6 is 0 Å². The van der Waals surface area contributed by atoms with Crippen LogP contribution in [0.15, 0.2) is 18.6 Å². The lowest BCUT2D eigenvalue weighted by Crippen LogP contribution is -2.25. The molecule has 0 aliphatic heterocycles. The van der Waals surface area contributed by atoms with Crippen LogP contribution in [0.4, 0.5) is 11.4 Å². The van der Waals surface area contributed by atoms with E-state index in [-0.39, 0.29) is 18.3 Å². The van der Waals surface area contributed by atoms with E-state index in [9.17, 15) is 14.9 Å². The normalized spacial score (nSPS) is 12.1. The summed E-state index contributed by atoms with van der Waals surface area (Å²) in [4.78, 5) is 22.5. The van der Waals surface area contributed by atoms with Crippen molar-refractivity contribution < 1.29 is 14.5 Å². The number of carbonyl (C=O) groups excluding carboxylic acids is 1. The van der Waals surface area contributed by atoms with Crippen LogP contribution in [0.25, 0.3) is 0 Å². The van der Waals surface area contributed by atoms with Crippen LogP contribution in [0.2, 0.25) is 0 Å². The number of ether oxygens (including phenoxy) is 1.